The van der Waals surface area contributed by atoms with Gasteiger partial charge in [0.2, 0.25) is 0 Å². The van der Waals surface area contributed by atoms with Crippen molar-refractivity contribution in [1.82, 2.24) is 14.8 Å². The van der Waals surface area contributed by atoms with E-state index in [1.807, 2.05) is 42.7 Å². The van der Waals surface area contributed by atoms with Gasteiger partial charge in [0.15, 0.2) is 0 Å². The third-order valence-corrected chi connectivity index (χ3v) is 6.24. The van der Waals surface area contributed by atoms with E-state index in [1.54, 1.807) is 4.90 Å². The number of pyridine rings is 1. The summed E-state index contributed by atoms with van der Waals surface area (Å²) in [5.74, 6) is 0. The third kappa shape index (κ3) is 4.75. The molecule has 1 atom stereocenters. The fourth-order valence-corrected chi connectivity index (χ4v) is 4.46. The van der Waals surface area contributed by atoms with E-state index in [9.17, 15) is 4.79 Å². The van der Waals surface area contributed by atoms with E-state index < -0.39 is 0 Å². The Labute approximate surface area is 189 Å². The van der Waals surface area contributed by atoms with Crippen LogP contribution in [0, 0.1) is 0 Å². The number of anilines is 1. The van der Waals surface area contributed by atoms with Crippen molar-refractivity contribution in [2.24, 2.45) is 0 Å². The quantitative estimate of drug-likeness (QED) is 0.592. The van der Waals surface area contributed by atoms with Crippen LogP contribution in [0.5, 0.6) is 0 Å². The molecule has 0 aliphatic carbocycles. The van der Waals surface area contributed by atoms with Crippen molar-refractivity contribution in [3.8, 4) is 0 Å². The van der Waals surface area contributed by atoms with Gasteiger partial charge in [-0.05, 0) is 41.0 Å². The molecule has 0 unspecified atom stereocenters. The summed E-state index contributed by atoms with van der Waals surface area (Å²) in [6.45, 7) is 6.18. The summed E-state index contributed by atoms with van der Waals surface area (Å²) in [6.07, 6.45) is 3.28. The normalized spacial score (nSPS) is 19.2. The summed E-state index contributed by atoms with van der Waals surface area (Å²) in [7, 11) is 0. The van der Waals surface area contributed by atoms with Gasteiger partial charge in [0, 0.05) is 57.3 Å². The molecular weight excluding hydrogens is 400 g/mol. The van der Waals surface area contributed by atoms with E-state index in [2.05, 4.69) is 51.2 Å². The van der Waals surface area contributed by atoms with E-state index in [0.29, 0.717) is 13.1 Å². The molecule has 5 rings (SSSR count). The summed E-state index contributed by atoms with van der Waals surface area (Å²) in [6, 6.07) is 22.7. The lowest BCUT2D eigenvalue weighted by Gasteiger charge is -2.36. The predicted molar refractivity (Wildman–Crippen MR) is 124 cm³/mol. The Kier molecular flexibility index (Phi) is 6.03. The molecule has 0 N–H and O–H groups in total. The maximum absolute atomic E-state index is 12.4. The van der Waals surface area contributed by atoms with E-state index in [-0.39, 0.29) is 12.2 Å². The highest BCUT2D eigenvalue weighted by Crippen LogP contribution is 2.28. The first-order valence-electron chi connectivity index (χ1n) is 11.2. The van der Waals surface area contributed by atoms with E-state index in [1.165, 1.54) is 11.3 Å². The van der Waals surface area contributed by atoms with Crippen molar-refractivity contribution in [1.29, 1.82) is 0 Å². The maximum Gasteiger partial charge on any atom is 0.410 e. The van der Waals surface area contributed by atoms with Crippen LogP contribution in [0.15, 0.2) is 79.1 Å². The summed E-state index contributed by atoms with van der Waals surface area (Å²) >= 11 is 0. The van der Waals surface area contributed by atoms with Crippen molar-refractivity contribution in [3.63, 3.8) is 0 Å². The number of carbonyl (C=O) groups is 1. The first kappa shape index (κ1) is 20.5. The van der Waals surface area contributed by atoms with Crippen LogP contribution in [-0.2, 0) is 17.8 Å². The molecule has 2 saturated heterocycles. The number of piperazine rings is 1. The van der Waals surface area contributed by atoms with Gasteiger partial charge in [0.1, 0.15) is 6.10 Å². The number of nitrogens with zero attached hydrogens (tertiary/aromatic N) is 4. The van der Waals surface area contributed by atoms with Crippen molar-refractivity contribution >= 4 is 11.8 Å². The maximum atomic E-state index is 12.4. The van der Waals surface area contributed by atoms with Crippen LogP contribution in [0.3, 0.4) is 0 Å². The zero-order valence-corrected chi connectivity index (χ0v) is 18.1. The molecule has 2 aromatic carbocycles. The molecule has 3 heterocycles. The summed E-state index contributed by atoms with van der Waals surface area (Å²) in [5, 5.41) is 0. The molecule has 6 nitrogen and oxygen atoms in total. The molecule has 164 valence electrons. The first-order valence-corrected chi connectivity index (χ1v) is 11.2. The highest BCUT2D eigenvalue weighted by molar-refractivity contribution is 5.70. The molecule has 3 aromatic rings. The average molecular weight is 429 g/mol. The van der Waals surface area contributed by atoms with Crippen LogP contribution in [0.25, 0.3) is 0 Å². The zero-order valence-electron chi connectivity index (χ0n) is 18.1. The Balaban J connectivity index is 1.18. The fraction of sp³-hybridized carbons (Fsp3) is 0.308. The number of hydrogen-bond donors (Lipinski definition) is 0. The Bertz CT molecular complexity index is 1040. The number of hydrogen-bond acceptors (Lipinski definition) is 5. The largest absolute Gasteiger partial charge is 0.439 e. The SMILES string of the molecule is O=C1O[C@H](c2ccccc2)CN1Cc1cccc(N2CCN(Cc3ccncc3)CC2)c1. The lowest BCUT2D eigenvalue weighted by molar-refractivity contribution is 0.132. The van der Waals surface area contributed by atoms with Crippen molar-refractivity contribution in [3.05, 3.63) is 95.8 Å². The van der Waals surface area contributed by atoms with Gasteiger partial charge < -0.3 is 9.64 Å². The second kappa shape index (κ2) is 9.40. The molecule has 1 amide bonds. The average Bonchev–Trinajstić information content (AvgIpc) is 3.21. The monoisotopic (exact) mass is 428 g/mol. The number of amides is 1. The highest BCUT2D eigenvalue weighted by Gasteiger charge is 2.32. The van der Waals surface area contributed by atoms with Crippen molar-refractivity contribution < 1.29 is 9.53 Å². The standard InChI is InChI=1S/C26H28N4O2/c31-26-30(20-25(32-26)23-6-2-1-3-7-23)19-22-5-4-8-24(17-22)29-15-13-28(14-16-29)18-21-9-11-27-12-10-21/h1-12,17,25H,13-16,18-20H2/t25-/m0/s1. The molecule has 0 radical (unpaired) electrons. The molecule has 0 bridgehead atoms. The Morgan fingerprint density at radius 1 is 0.844 bits per heavy atom. The summed E-state index contributed by atoms with van der Waals surface area (Å²) < 4.78 is 5.61. The minimum atomic E-state index is -0.242. The van der Waals surface area contributed by atoms with Crippen LogP contribution < -0.4 is 4.90 Å². The lowest BCUT2D eigenvalue weighted by atomic mass is 10.1. The van der Waals surface area contributed by atoms with Gasteiger partial charge in [-0.15, -0.1) is 0 Å². The molecule has 6 heteroatoms. The van der Waals surface area contributed by atoms with Crippen molar-refractivity contribution in [2.45, 2.75) is 19.2 Å². The number of rotatable bonds is 6. The van der Waals surface area contributed by atoms with E-state index in [0.717, 1.165) is 43.9 Å². The van der Waals surface area contributed by atoms with Crippen LogP contribution in [0.2, 0.25) is 0 Å². The number of ether oxygens (including phenoxy) is 1. The van der Waals surface area contributed by atoms with Gasteiger partial charge in [-0.25, -0.2) is 4.79 Å². The Morgan fingerprint density at radius 3 is 2.41 bits per heavy atom. The topological polar surface area (TPSA) is 48.9 Å². The number of cyclic esters (lactones) is 1. The van der Waals surface area contributed by atoms with E-state index in [4.69, 9.17) is 4.74 Å². The van der Waals surface area contributed by atoms with Gasteiger partial charge in [-0.3, -0.25) is 14.8 Å². The third-order valence-electron chi connectivity index (χ3n) is 6.24. The second-order valence-electron chi connectivity index (χ2n) is 8.45. The molecular formula is C26H28N4O2. The molecule has 32 heavy (non-hydrogen) atoms. The van der Waals surface area contributed by atoms with E-state index >= 15 is 0 Å². The highest BCUT2D eigenvalue weighted by atomic mass is 16.6. The molecule has 0 saturated carbocycles. The number of benzene rings is 2. The second-order valence-corrected chi connectivity index (χ2v) is 8.45. The van der Waals surface area contributed by atoms with Gasteiger partial charge in [-0.2, -0.15) is 0 Å². The summed E-state index contributed by atoms with van der Waals surface area (Å²) in [4.78, 5) is 23.2. The van der Waals surface area contributed by atoms with Crippen LogP contribution in [-0.4, -0.2) is 53.6 Å². The smallest absolute Gasteiger partial charge is 0.410 e. The minimum Gasteiger partial charge on any atom is -0.439 e. The van der Waals surface area contributed by atoms with Gasteiger partial charge in [-0.1, -0.05) is 42.5 Å². The molecule has 2 aliphatic heterocycles. The fourth-order valence-electron chi connectivity index (χ4n) is 4.46. The molecule has 0 spiro atoms. The molecule has 2 fully saturated rings. The van der Waals surface area contributed by atoms with Crippen molar-refractivity contribution in [2.75, 3.05) is 37.6 Å². The zero-order chi connectivity index (χ0) is 21.8. The Morgan fingerprint density at radius 2 is 1.62 bits per heavy atom. The van der Waals surface area contributed by atoms with Gasteiger partial charge in [0.25, 0.3) is 0 Å². The molecule has 1 aromatic heterocycles. The van der Waals surface area contributed by atoms with Crippen LogP contribution >= 0.6 is 0 Å². The van der Waals surface area contributed by atoms with Crippen LogP contribution in [0.1, 0.15) is 22.8 Å². The summed E-state index contributed by atoms with van der Waals surface area (Å²) in [5.41, 5.74) is 4.70. The van der Waals surface area contributed by atoms with Gasteiger partial charge in [0.05, 0.1) is 6.54 Å². The molecule has 2 aliphatic rings. The first-order chi connectivity index (χ1) is 15.7. The van der Waals surface area contributed by atoms with Gasteiger partial charge >= 0.3 is 6.09 Å². The lowest BCUT2D eigenvalue weighted by Crippen LogP contribution is -2.46. The number of carbonyl (C=O) groups excluding carboxylic acids is 1. The minimum absolute atomic E-state index is 0.194. The predicted octanol–water partition coefficient (Wildman–Crippen LogP) is 4.10. The Hall–Kier alpha value is -3.38. The number of aromatic nitrogens is 1. The van der Waals surface area contributed by atoms with Crippen LogP contribution in [0.4, 0.5) is 10.5 Å².